The summed E-state index contributed by atoms with van der Waals surface area (Å²) in [6.45, 7) is -1.62. The summed E-state index contributed by atoms with van der Waals surface area (Å²) >= 11 is 0. The quantitative estimate of drug-likeness (QED) is 0.786. The Bertz CT molecular complexity index is 866. The molecule has 0 atom stereocenters. The average Bonchev–Trinajstić information content (AvgIpc) is 2.65. The van der Waals surface area contributed by atoms with Crippen LogP contribution in [0.5, 0.6) is 11.5 Å². The maximum atomic E-state index is 12.1. The molecule has 0 aliphatic carbocycles. The molecule has 0 saturated heterocycles. The Morgan fingerprint density at radius 2 is 1.75 bits per heavy atom. The largest absolute Gasteiger partial charge is 0.484 e. The SMILES string of the molecule is O=C(COc1ccc2c(c1)CCC(=O)N2)Nc1ccc(OCC(F)(F)F)cc1. The molecule has 2 aromatic carbocycles. The van der Waals surface area contributed by atoms with Crippen molar-refractivity contribution in [1.82, 2.24) is 0 Å². The van der Waals surface area contributed by atoms with Gasteiger partial charge in [0.05, 0.1) is 0 Å². The lowest BCUT2D eigenvalue weighted by atomic mass is 10.0. The number of benzene rings is 2. The fourth-order valence-corrected chi connectivity index (χ4v) is 2.60. The van der Waals surface area contributed by atoms with E-state index in [-0.39, 0.29) is 18.3 Å². The number of aryl methyl sites for hydroxylation is 1. The third-order valence-corrected chi connectivity index (χ3v) is 3.88. The minimum atomic E-state index is -4.41. The van der Waals surface area contributed by atoms with E-state index < -0.39 is 18.7 Å². The van der Waals surface area contributed by atoms with Crippen LogP contribution in [0.15, 0.2) is 42.5 Å². The van der Waals surface area contributed by atoms with E-state index in [1.807, 2.05) is 0 Å². The lowest BCUT2D eigenvalue weighted by Crippen LogP contribution is -2.21. The summed E-state index contributed by atoms with van der Waals surface area (Å²) in [6.07, 6.45) is -3.40. The van der Waals surface area contributed by atoms with Crippen LogP contribution in [0.1, 0.15) is 12.0 Å². The second-order valence-corrected chi connectivity index (χ2v) is 6.13. The summed E-state index contributed by atoms with van der Waals surface area (Å²) in [5.41, 5.74) is 2.08. The molecule has 1 aliphatic heterocycles. The minimum Gasteiger partial charge on any atom is -0.484 e. The van der Waals surface area contributed by atoms with Crippen LogP contribution in [0, 0.1) is 0 Å². The predicted octanol–water partition coefficient (Wildman–Crippen LogP) is 3.53. The first kappa shape index (κ1) is 19.5. The second kappa shape index (κ2) is 8.20. The highest BCUT2D eigenvalue weighted by atomic mass is 19.4. The van der Waals surface area contributed by atoms with Gasteiger partial charge in [0.15, 0.2) is 13.2 Å². The van der Waals surface area contributed by atoms with Crippen LogP contribution in [-0.4, -0.2) is 31.2 Å². The summed E-state index contributed by atoms with van der Waals surface area (Å²) in [5.74, 6) is 0.0963. The van der Waals surface area contributed by atoms with E-state index in [0.29, 0.717) is 24.3 Å². The number of hydrogen-bond acceptors (Lipinski definition) is 4. The maximum Gasteiger partial charge on any atom is 0.422 e. The van der Waals surface area contributed by atoms with E-state index >= 15 is 0 Å². The zero-order valence-electron chi connectivity index (χ0n) is 14.6. The lowest BCUT2D eigenvalue weighted by molar-refractivity contribution is -0.153. The van der Waals surface area contributed by atoms with E-state index in [1.54, 1.807) is 18.2 Å². The fraction of sp³-hybridized carbons (Fsp3) is 0.263. The summed E-state index contributed by atoms with van der Waals surface area (Å²) in [4.78, 5) is 23.3. The van der Waals surface area contributed by atoms with Crippen molar-refractivity contribution < 1.29 is 32.2 Å². The molecular formula is C19H17F3N2O4. The molecule has 3 rings (SSSR count). The molecule has 9 heteroatoms. The van der Waals surface area contributed by atoms with Gasteiger partial charge >= 0.3 is 6.18 Å². The molecule has 2 N–H and O–H groups in total. The van der Waals surface area contributed by atoms with Crippen molar-refractivity contribution >= 4 is 23.2 Å². The molecule has 0 bridgehead atoms. The number of anilines is 2. The lowest BCUT2D eigenvalue weighted by Gasteiger charge is -2.17. The number of alkyl halides is 3. The van der Waals surface area contributed by atoms with Crippen LogP contribution in [0.2, 0.25) is 0 Å². The molecule has 0 radical (unpaired) electrons. The van der Waals surface area contributed by atoms with Gasteiger partial charge in [-0.1, -0.05) is 0 Å². The van der Waals surface area contributed by atoms with Crippen LogP contribution >= 0.6 is 0 Å². The molecule has 0 spiro atoms. The van der Waals surface area contributed by atoms with E-state index in [9.17, 15) is 22.8 Å². The van der Waals surface area contributed by atoms with Gasteiger partial charge < -0.3 is 20.1 Å². The third-order valence-electron chi connectivity index (χ3n) is 3.88. The fourth-order valence-electron chi connectivity index (χ4n) is 2.60. The third kappa shape index (κ3) is 5.63. The Labute approximate surface area is 158 Å². The van der Waals surface area contributed by atoms with Crippen molar-refractivity contribution in [3.63, 3.8) is 0 Å². The number of amides is 2. The molecule has 0 unspecified atom stereocenters. The van der Waals surface area contributed by atoms with Gasteiger partial charge in [0.25, 0.3) is 5.91 Å². The van der Waals surface area contributed by atoms with Gasteiger partial charge in [-0.3, -0.25) is 9.59 Å². The Hall–Kier alpha value is -3.23. The topological polar surface area (TPSA) is 76.7 Å². The van der Waals surface area contributed by atoms with E-state index in [4.69, 9.17) is 4.74 Å². The number of rotatable bonds is 6. The highest BCUT2D eigenvalue weighted by Gasteiger charge is 2.28. The Kier molecular flexibility index (Phi) is 5.72. The zero-order chi connectivity index (χ0) is 20.1. The summed E-state index contributed by atoms with van der Waals surface area (Å²) in [6, 6.07) is 10.7. The van der Waals surface area contributed by atoms with Crippen LogP contribution in [-0.2, 0) is 16.0 Å². The number of fused-ring (bicyclic) bond motifs is 1. The van der Waals surface area contributed by atoms with Crippen molar-refractivity contribution in [2.24, 2.45) is 0 Å². The first-order chi connectivity index (χ1) is 13.3. The highest BCUT2D eigenvalue weighted by Crippen LogP contribution is 2.27. The van der Waals surface area contributed by atoms with E-state index in [2.05, 4.69) is 15.4 Å². The molecular weight excluding hydrogens is 377 g/mol. The first-order valence-electron chi connectivity index (χ1n) is 8.43. The van der Waals surface area contributed by atoms with Crippen LogP contribution in [0.25, 0.3) is 0 Å². The molecule has 1 aliphatic rings. The second-order valence-electron chi connectivity index (χ2n) is 6.13. The smallest absolute Gasteiger partial charge is 0.422 e. The average molecular weight is 394 g/mol. The number of carbonyl (C=O) groups is 2. The predicted molar refractivity (Wildman–Crippen MR) is 95.5 cm³/mol. The van der Waals surface area contributed by atoms with Gasteiger partial charge in [-0.25, -0.2) is 0 Å². The van der Waals surface area contributed by atoms with Gasteiger partial charge in [0.1, 0.15) is 11.5 Å². The first-order valence-corrected chi connectivity index (χ1v) is 8.43. The number of ether oxygens (including phenoxy) is 2. The molecule has 148 valence electrons. The van der Waals surface area contributed by atoms with E-state index in [0.717, 1.165) is 11.3 Å². The van der Waals surface area contributed by atoms with Gasteiger partial charge in [-0.2, -0.15) is 13.2 Å². The summed E-state index contributed by atoms with van der Waals surface area (Å²) in [7, 11) is 0. The van der Waals surface area contributed by atoms with Crippen LogP contribution in [0.4, 0.5) is 24.5 Å². The summed E-state index contributed by atoms with van der Waals surface area (Å²) < 4.78 is 46.4. The van der Waals surface area contributed by atoms with Crippen LogP contribution < -0.4 is 20.1 Å². The maximum absolute atomic E-state index is 12.1. The standard InChI is InChI=1S/C19H17F3N2O4/c20-19(21,22)11-28-14-4-2-13(3-5-14)23-18(26)10-27-15-6-7-16-12(9-15)1-8-17(25)24-16/h2-7,9H,1,8,10-11H2,(H,23,26)(H,24,25). The Balaban J connectivity index is 1.48. The van der Waals surface area contributed by atoms with Gasteiger partial charge in [0.2, 0.25) is 5.91 Å². The van der Waals surface area contributed by atoms with Crippen molar-refractivity contribution in [2.75, 3.05) is 23.8 Å². The van der Waals surface area contributed by atoms with Gasteiger partial charge in [-0.05, 0) is 54.4 Å². The number of halogens is 3. The van der Waals surface area contributed by atoms with Gasteiger partial charge in [0, 0.05) is 17.8 Å². The van der Waals surface area contributed by atoms with Gasteiger partial charge in [-0.15, -0.1) is 0 Å². The molecule has 0 fully saturated rings. The van der Waals surface area contributed by atoms with Crippen molar-refractivity contribution in [1.29, 1.82) is 0 Å². The summed E-state index contributed by atoms with van der Waals surface area (Å²) in [5, 5.41) is 5.34. The Morgan fingerprint density at radius 1 is 1.04 bits per heavy atom. The molecule has 6 nitrogen and oxygen atoms in total. The normalized spacial score (nSPS) is 13.3. The monoisotopic (exact) mass is 394 g/mol. The molecule has 0 saturated carbocycles. The molecule has 28 heavy (non-hydrogen) atoms. The molecule has 2 aromatic rings. The Morgan fingerprint density at radius 3 is 2.46 bits per heavy atom. The number of hydrogen-bond donors (Lipinski definition) is 2. The zero-order valence-corrected chi connectivity index (χ0v) is 14.6. The molecule has 1 heterocycles. The minimum absolute atomic E-state index is 0.0321. The van der Waals surface area contributed by atoms with Crippen LogP contribution in [0.3, 0.4) is 0 Å². The number of carbonyl (C=O) groups excluding carboxylic acids is 2. The highest BCUT2D eigenvalue weighted by molar-refractivity contribution is 5.94. The van der Waals surface area contributed by atoms with Crippen molar-refractivity contribution in [3.05, 3.63) is 48.0 Å². The van der Waals surface area contributed by atoms with Crippen molar-refractivity contribution in [2.45, 2.75) is 19.0 Å². The molecule has 0 aromatic heterocycles. The van der Waals surface area contributed by atoms with E-state index in [1.165, 1.54) is 24.3 Å². The van der Waals surface area contributed by atoms with Crippen molar-refractivity contribution in [3.8, 4) is 11.5 Å². The number of nitrogens with one attached hydrogen (secondary N) is 2. The molecule has 2 amide bonds.